The van der Waals surface area contributed by atoms with Crippen LogP contribution in [0.25, 0.3) is 0 Å². The van der Waals surface area contributed by atoms with Crippen LogP contribution < -0.4 is 10.6 Å². The first-order valence-electron chi connectivity index (χ1n) is 6.35. The minimum Gasteiger partial charge on any atom is -0.384 e. The van der Waals surface area contributed by atoms with E-state index in [1.54, 1.807) is 0 Å². The first-order chi connectivity index (χ1) is 8.72. The lowest BCUT2D eigenvalue weighted by Crippen LogP contribution is -2.32. The summed E-state index contributed by atoms with van der Waals surface area (Å²) in [5.74, 6) is 0.103. The molecule has 0 saturated heterocycles. The van der Waals surface area contributed by atoms with Crippen molar-refractivity contribution in [3.63, 3.8) is 0 Å². The third-order valence-corrected chi connectivity index (χ3v) is 4.44. The van der Waals surface area contributed by atoms with Gasteiger partial charge in [-0.2, -0.15) is 11.8 Å². The third-order valence-electron chi connectivity index (χ3n) is 3.40. The van der Waals surface area contributed by atoms with Crippen molar-refractivity contribution in [1.29, 1.82) is 0 Å². The van der Waals surface area contributed by atoms with Gasteiger partial charge in [0.05, 0.1) is 5.92 Å². The monoisotopic (exact) mass is 264 g/mol. The molecule has 0 bridgehead atoms. The van der Waals surface area contributed by atoms with E-state index in [9.17, 15) is 4.79 Å². The molecular weight excluding hydrogens is 244 g/mol. The van der Waals surface area contributed by atoms with Crippen LogP contribution in [-0.4, -0.2) is 30.5 Å². The number of benzene rings is 1. The molecule has 18 heavy (non-hydrogen) atoms. The van der Waals surface area contributed by atoms with E-state index in [4.69, 9.17) is 0 Å². The number of rotatable bonds is 5. The second-order valence-corrected chi connectivity index (χ2v) is 5.92. The number of hydrogen-bond donors (Lipinski definition) is 2. The fourth-order valence-corrected chi connectivity index (χ4v) is 2.51. The molecule has 0 aliphatic carbocycles. The normalized spacial score (nSPS) is 18.9. The SMILES string of the molecule is CSC(C)CCNC(=O)C1CNc2ccccc21. The van der Waals surface area contributed by atoms with Gasteiger partial charge >= 0.3 is 0 Å². The fourth-order valence-electron chi connectivity index (χ4n) is 2.16. The van der Waals surface area contributed by atoms with Crippen LogP contribution in [0.1, 0.15) is 24.8 Å². The lowest BCUT2D eigenvalue weighted by atomic mass is 10.0. The quantitative estimate of drug-likeness (QED) is 0.858. The summed E-state index contributed by atoms with van der Waals surface area (Å²) in [6, 6.07) is 8.04. The van der Waals surface area contributed by atoms with Gasteiger partial charge in [-0.25, -0.2) is 0 Å². The van der Waals surface area contributed by atoms with Gasteiger partial charge in [0, 0.05) is 24.0 Å². The predicted molar refractivity (Wildman–Crippen MR) is 78.3 cm³/mol. The molecule has 2 rings (SSSR count). The molecule has 0 fully saturated rings. The van der Waals surface area contributed by atoms with Crippen LogP contribution >= 0.6 is 11.8 Å². The number of carbonyl (C=O) groups excluding carboxylic acids is 1. The number of amides is 1. The van der Waals surface area contributed by atoms with Crippen molar-refractivity contribution in [2.45, 2.75) is 24.5 Å². The summed E-state index contributed by atoms with van der Waals surface area (Å²) in [6.07, 6.45) is 3.12. The zero-order chi connectivity index (χ0) is 13.0. The summed E-state index contributed by atoms with van der Waals surface area (Å²) in [5.41, 5.74) is 2.21. The minimum atomic E-state index is -0.0363. The van der Waals surface area contributed by atoms with E-state index in [0.717, 1.165) is 24.2 Å². The Bertz CT molecular complexity index is 422. The lowest BCUT2D eigenvalue weighted by molar-refractivity contribution is -0.122. The van der Waals surface area contributed by atoms with Crippen molar-refractivity contribution in [2.24, 2.45) is 0 Å². The van der Waals surface area contributed by atoms with E-state index in [1.807, 2.05) is 36.0 Å². The van der Waals surface area contributed by atoms with Crippen LogP contribution in [0.15, 0.2) is 24.3 Å². The first-order valence-corrected chi connectivity index (χ1v) is 7.64. The molecule has 2 unspecified atom stereocenters. The van der Waals surface area contributed by atoms with Crippen molar-refractivity contribution >= 4 is 23.4 Å². The number of nitrogens with one attached hydrogen (secondary N) is 2. The maximum atomic E-state index is 12.1. The van der Waals surface area contributed by atoms with Crippen molar-refractivity contribution < 1.29 is 4.79 Å². The molecule has 1 aromatic carbocycles. The summed E-state index contributed by atoms with van der Waals surface area (Å²) in [7, 11) is 0. The summed E-state index contributed by atoms with van der Waals surface area (Å²) in [6.45, 7) is 3.66. The molecule has 1 aromatic rings. The Labute approximate surface area is 113 Å². The molecule has 2 atom stereocenters. The molecular formula is C14H20N2OS. The van der Waals surface area contributed by atoms with Crippen molar-refractivity contribution in [3.05, 3.63) is 29.8 Å². The number of carbonyl (C=O) groups is 1. The molecule has 1 heterocycles. The van der Waals surface area contributed by atoms with Gasteiger partial charge in [0.25, 0.3) is 0 Å². The highest BCUT2D eigenvalue weighted by molar-refractivity contribution is 7.99. The Morgan fingerprint density at radius 1 is 1.56 bits per heavy atom. The van der Waals surface area contributed by atoms with Crippen molar-refractivity contribution in [3.8, 4) is 0 Å². The minimum absolute atomic E-state index is 0.0363. The maximum absolute atomic E-state index is 12.1. The number of anilines is 1. The summed E-state index contributed by atoms with van der Waals surface area (Å²) in [4.78, 5) is 12.1. The van der Waals surface area contributed by atoms with Crippen LogP contribution in [0.2, 0.25) is 0 Å². The molecule has 0 radical (unpaired) electrons. The van der Waals surface area contributed by atoms with Crippen LogP contribution in [0.5, 0.6) is 0 Å². The van der Waals surface area contributed by atoms with E-state index in [2.05, 4.69) is 23.8 Å². The van der Waals surface area contributed by atoms with Crippen molar-refractivity contribution in [1.82, 2.24) is 5.32 Å². The summed E-state index contributed by atoms with van der Waals surface area (Å²) < 4.78 is 0. The molecule has 0 saturated carbocycles. The largest absolute Gasteiger partial charge is 0.384 e. The highest BCUT2D eigenvalue weighted by atomic mass is 32.2. The van der Waals surface area contributed by atoms with Gasteiger partial charge in [0.2, 0.25) is 5.91 Å². The summed E-state index contributed by atoms with van der Waals surface area (Å²) in [5, 5.41) is 6.91. The van der Waals surface area contributed by atoms with Gasteiger partial charge in [-0.15, -0.1) is 0 Å². The standard InChI is InChI=1S/C14H20N2OS/c1-10(18-2)7-8-15-14(17)12-9-16-13-6-4-3-5-11(12)13/h3-6,10,12,16H,7-9H2,1-2H3,(H,15,17). The summed E-state index contributed by atoms with van der Waals surface area (Å²) >= 11 is 1.83. The Balaban J connectivity index is 1.88. The highest BCUT2D eigenvalue weighted by Crippen LogP contribution is 2.30. The first kappa shape index (κ1) is 13.3. The van der Waals surface area contributed by atoms with Crippen LogP contribution in [-0.2, 0) is 4.79 Å². The second-order valence-electron chi connectivity index (χ2n) is 4.65. The van der Waals surface area contributed by atoms with E-state index in [1.165, 1.54) is 0 Å². The third kappa shape index (κ3) is 2.99. The molecule has 4 heteroatoms. The lowest BCUT2D eigenvalue weighted by Gasteiger charge is -2.13. The van der Waals surface area contributed by atoms with Gasteiger partial charge in [-0.05, 0) is 24.3 Å². The Morgan fingerprint density at radius 3 is 3.11 bits per heavy atom. The molecule has 1 aliphatic heterocycles. The number of hydrogen-bond acceptors (Lipinski definition) is 3. The molecule has 98 valence electrons. The Kier molecular flexibility index (Phi) is 4.53. The molecule has 3 nitrogen and oxygen atoms in total. The van der Waals surface area contributed by atoms with Gasteiger partial charge < -0.3 is 10.6 Å². The van der Waals surface area contributed by atoms with E-state index < -0.39 is 0 Å². The number of thioether (sulfide) groups is 1. The molecule has 1 aliphatic rings. The molecule has 0 aromatic heterocycles. The van der Waals surface area contributed by atoms with Crippen molar-refractivity contribution in [2.75, 3.05) is 24.7 Å². The van der Waals surface area contributed by atoms with Crippen LogP contribution in [0, 0.1) is 0 Å². The van der Waals surface area contributed by atoms with Gasteiger partial charge in [0.15, 0.2) is 0 Å². The highest BCUT2D eigenvalue weighted by Gasteiger charge is 2.27. The molecule has 1 amide bonds. The average Bonchev–Trinajstić information content (AvgIpc) is 2.82. The van der Waals surface area contributed by atoms with Gasteiger partial charge in [0.1, 0.15) is 0 Å². The Morgan fingerprint density at radius 2 is 2.33 bits per heavy atom. The Hall–Kier alpha value is -1.16. The molecule has 2 N–H and O–H groups in total. The fraction of sp³-hybridized carbons (Fsp3) is 0.500. The zero-order valence-electron chi connectivity index (χ0n) is 10.9. The second kappa shape index (κ2) is 6.14. The zero-order valence-corrected chi connectivity index (χ0v) is 11.7. The van der Waals surface area contributed by atoms with E-state index in [-0.39, 0.29) is 11.8 Å². The van der Waals surface area contributed by atoms with Crippen LogP contribution in [0.4, 0.5) is 5.69 Å². The molecule has 0 spiro atoms. The number of fused-ring (bicyclic) bond motifs is 1. The van der Waals surface area contributed by atoms with E-state index in [0.29, 0.717) is 11.8 Å². The maximum Gasteiger partial charge on any atom is 0.229 e. The number of para-hydroxylation sites is 1. The topological polar surface area (TPSA) is 41.1 Å². The smallest absolute Gasteiger partial charge is 0.229 e. The van der Waals surface area contributed by atoms with Gasteiger partial charge in [-0.3, -0.25) is 4.79 Å². The average molecular weight is 264 g/mol. The van der Waals surface area contributed by atoms with E-state index >= 15 is 0 Å². The van der Waals surface area contributed by atoms with Crippen LogP contribution in [0.3, 0.4) is 0 Å². The van der Waals surface area contributed by atoms with Gasteiger partial charge in [-0.1, -0.05) is 25.1 Å². The predicted octanol–water partition coefficient (Wildman–Crippen LogP) is 2.45.